The molecule has 1 N–H and O–H groups in total. The first-order valence-corrected chi connectivity index (χ1v) is 12.6. The van der Waals surface area contributed by atoms with Crippen molar-refractivity contribution in [2.24, 2.45) is 0 Å². The Morgan fingerprint density at radius 1 is 1.15 bits per heavy atom. The smallest absolute Gasteiger partial charge is 0.333 e. The van der Waals surface area contributed by atoms with Crippen molar-refractivity contribution in [3.63, 3.8) is 0 Å². The number of hydrogen-bond donors (Lipinski definition) is 1. The van der Waals surface area contributed by atoms with E-state index in [1.807, 2.05) is 25.1 Å². The monoisotopic (exact) mass is 467 g/mol. The van der Waals surface area contributed by atoms with Gasteiger partial charge in [-0.05, 0) is 49.7 Å². The number of rotatable bonds is 6. The van der Waals surface area contributed by atoms with Crippen LogP contribution < -0.4 is 21.5 Å². The number of amides is 1. The number of aromatic nitrogens is 3. The fraction of sp³-hybridized carbons (Fsp3) is 0.500. The number of anilines is 1. The van der Waals surface area contributed by atoms with Gasteiger partial charge in [-0.15, -0.1) is 0 Å². The first-order valence-electron chi connectivity index (χ1n) is 11.8. The van der Waals surface area contributed by atoms with E-state index in [1.54, 1.807) is 0 Å². The number of piperidine rings is 1. The van der Waals surface area contributed by atoms with Crippen LogP contribution in [0.5, 0.6) is 0 Å². The molecule has 0 bridgehead atoms. The number of benzene rings is 1. The molecule has 1 aliphatic heterocycles. The van der Waals surface area contributed by atoms with Crippen molar-refractivity contribution in [2.45, 2.75) is 64.6 Å². The van der Waals surface area contributed by atoms with Crippen LogP contribution >= 0.6 is 11.3 Å². The maximum absolute atomic E-state index is 13.2. The van der Waals surface area contributed by atoms with Crippen LogP contribution in [0.3, 0.4) is 0 Å². The lowest BCUT2D eigenvalue weighted by molar-refractivity contribution is -0.122. The summed E-state index contributed by atoms with van der Waals surface area (Å²) >= 11 is 1.33. The predicted octanol–water partition coefficient (Wildman–Crippen LogP) is 2.82. The van der Waals surface area contributed by atoms with E-state index in [4.69, 9.17) is 4.98 Å². The Balaban J connectivity index is 1.49. The van der Waals surface area contributed by atoms with Crippen molar-refractivity contribution in [3.8, 4) is 0 Å². The lowest BCUT2D eigenvalue weighted by Gasteiger charge is -2.25. The molecule has 3 aromatic rings. The minimum atomic E-state index is -0.466. The van der Waals surface area contributed by atoms with Gasteiger partial charge in [-0.25, -0.2) is 9.78 Å². The molecule has 0 unspecified atom stereocenters. The number of nitrogens with zero attached hydrogens (tertiary/aromatic N) is 4. The normalized spacial score (nSPS) is 18.0. The van der Waals surface area contributed by atoms with Gasteiger partial charge in [0.05, 0.1) is 6.04 Å². The van der Waals surface area contributed by atoms with Crippen LogP contribution in [0.2, 0.25) is 0 Å². The minimum Gasteiger partial charge on any atom is -0.348 e. The van der Waals surface area contributed by atoms with Crippen molar-refractivity contribution in [1.29, 1.82) is 0 Å². The van der Waals surface area contributed by atoms with Crippen LogP contribution in [0, 0.1) is 0 Å². The second-order valence-corrected chi connectivity index (χ2v) is 9.86. The zero-order valence-electron chi connectivity index (χ0n) is 18.9. The van der Waals surface area contributed by atoms with E-state index >= 15 is 0 Å². The molecule has 1 saturated heterocycles. The summed E-state index contributed by atoms with van der Waals surface area (Å²) in [7, 11) is 0. The van der Waals surface area contributed by atoms with Crippen molar-refractivity contribution < 1.29 is 4.79 Å². The summed E-state index contributed by atoms with van der Waals surface area (Å²) in [5, 5.41) is 3.85. The summed E-state index contributed by atoms with van der Waals surface area (Å²) in [5.74, 6) is -0.241. The van der Waals surface area contributed by atoms with Gasteiger partial charge in [-0.3, -0.25) is 18.7 Å². The summed E-state index contributed by atoms with van der Waals surface area (Å²) in [5.41, 5.74) is 1.94. The van der Waals surface area contributed by atoms with Crippen LogP contribution in [-0.2, 0) is 24.3 Å². The Morgan fingerprint density at radius 3 is 2.73 bits per heavy atom. The van der Waals surface area contributed by atoms with Gasteiger partial charge in [0.25, 0.3) is 5.56 Å². The summed E-state index contributed by atoms with van der Waals surface area (Å²) in [6.45, 7) is 3.89. The fourth-order valence-electron chi connectivity index (χ4n) is 4.94. The molecule has 3 heterocycles. The van der Waals surface area contributed by atoms with Crippen LogP contribution in [0.1, 0.15) is 56.2 Å². The highest BCUT2D eigenvalue weighted by atomic mass is 32.1. The Hall–Kier alpha value is -2.94. The van der Waals surface area contributed by atoms with Crippen LogP contribution in [0.15, 0.2) is 33.9 Å². The second kappa shape index (κ2) is 9.13. The number of thiazole rings is 1. The predicted molar refractivity (Wildman–Crippen MR) is 130 cm³/mol. The lowest BCUT2D eigenvalue weighted by atomic mass is 10.1. The van der Waals surface area contributed by atoms with Gasteiger partial charge in [0.15, 0.2) is 10.8 Å². The Morgan fingerprint density at radius 2 is 1.94 bits per heavy atom. The third-order valence-electron chi connectivity index (χ3n) is 6.60. The molecule has 174 valence electrons. The molecule has 5 rings (SSSR count). The molecular weight excluding hydrogens is 438 g/mol. The van der Waals surface area contributed by atoms with E-state index in [1.165, 1.54) is 32.5 Å². The molecule has 1 fully saturated rings. The summed E-state index contributed by atoms with van der Waals surface area (Å²) < 4.78 is 3.08. The van der Waals surface area contributed by atoms with Crippen molar-refractivity contribution in [3.05, 3.63) is 56.2 Å². The lowest BCUT2D eigenvalue weighted by Crippen LogP contribution is -2.42. The second-order valence-electron chi connectivity index (χ2n) is 8.88. The van der Waals surface area contributed by atoms with Crippen molar-refractivity contribution in [2.75, 3.05) is 18.0 Å². The van der Waals surface area contributed by atoms with Gasteiger partial charge in [0.1, 0.15) is 11.2 Å². The van der Waals surface area contributed by atoms with Gasteiger partial charge in [-0.2, -0.15) is 0 Å². The molecular formula is C24H29N5O3S. The first-order chi connectivity index (χ1) is 16.1. The van der Waals surface area contributed by atoms with E-state index in [-0.39, 0.29) is 24.1 Å². The molecule has 1 aliphatic carbocycles. The van der Waals surface area contributed by atoms with E-state index in [2.05, 4.69) is 16.3 Å². The number of carbonyl (C=O) groups excluding carboxylic acids is 1. The number of carbonyl (C=O) groups is 1. The standard InChI is InChI=1S/C24H29N5O3S/c1-2-12-28-22(31)20-21(26-23(33-20)27-13-6-3-7-14-27)29(24(28)32)15-19(30)25-18-11-10-16-8-4-5-9-17(16)18/h4-5,8-9,18H,2-3,6-7,10-15H2,1H3,(H,25,30)/t18-/m1/s1. The average molecular weight is 468 g/mol. The molecule has 1 amide bonds. The van der Waals surface area contributed by atoms with E-state index < -0.39 is 5.69 Å². The van der Waals surface area contributed by atoms with E-state index in [0.717, 1.165) is 49.5 Å². The summed E-state index contributed by atoms with van der Waals surface area (Å²) in [6.07, 6.45) is 5.81. The number of hydrogen-bond acceptors (Lipinski definition) is 6. The average Bonchev–Trinajstić information content (AvgIpc) is 3.45. The Labute approximate surface area is 195 Å². The van der Waals surface area contributed by atoms with Crippen molar-refractivity contribution >= 4 is 32.7 Å². The highest BCUT2D eigenvalue weighted by Gasteiger charge is 2.26. The van der Waals surface area contributed by atoms with Crippen LogP contribution in [0.4, 0.5) is 5.13 Å². The third kappa shape index (κ3) is 4.10. The molecule has 0 radical (unpaired) electrons. The molecule has 0 spiro atoms. The Bertz CT molecular complexity index is 1300. The Kier molecular flexibility index (Phi) is 6.05. The first kappa shape index (κ1) is 21.9. The maximum atomic E-state index is 13.2. The molecule has 8 nitrogen and oxygen atoms in total. The van der Waals surface area contributed by atoms with Gasteiger partial charge in [0, 0.05) is 19.6 Å². The zero-order chi connectivity index (χ0) is 22.9. The molecule has 2 aromatic heterocycles. The van der Waals surface area contributed by atoms with Crippen molar-refractivity contribution in [1.82, 2.24) is 19.4 Å². The molecule has 33 heavy (non-hydrogen) atoms. The zero-order valence-corrected chi connectivity index (χ0v) is 19.7. The van der Waals surface area contributed by atoms with Gasteiger partial charge < -0.3 is 10.2 Å². The highest BCUT2D eigenvalue weighted by molar-refractivity contribution is 7.22. The molecule has 1 atom stereocenters. The molecule has 2 aliphatic rings. The SMILES string of the molecule is CCCn1c(=O)c2sc(N3CCCCC3)nc2n(CC(=O)N[C@@H]2CCc3ccccc32)c1=O. The van der Waals surface area contributed by atoms with E-state index in [9.17, 15) is 14.4 Å². The quantitative estimate of drug-likeness (QED) is 0.602. The summed E-state index contributed by atoms with van der Waals surface area (Å²) in [4.78, 5) is 46.3. The maximum Gasteiger partial charge on any atom is 0.333 e. The molecule has 0 saturated carbocycles. The van der Waals surface area contributed by atoms with Gasteiger partial charge >= 0.3 is 5.69 Å². The van der Waals surface area contributed by atoms with E-state index in [0.29, 0.717) is 23.3 Å². The minimum absolute atomic E-state index is 0.0548. The summed E-state index contributed by atoms with van der Waals surface area (Å²) in [6, 6.07) is 8.08. The largest absolute Gasteiger partial charge is 0.348 e. The highest BCUT2D eigenvalue weighted by Crippen LogP contribution is 2.31. The molecule has 1 aromatic carbocycles. The van der Waals surface area contributed by atoms with Crippen LogP contribution in [-0.4, -0.2) is 33.1 Å². The van der Waals surface area contributed by atoms with Gasteiger partial charge in [0.2, 0.25) is 5.91 Å². The number of aryl methyl sites for hydroxylation is 1. The fourth-order valence-corrected chi connectivity index (χ4v) is 6.01. The van der Waals surface area contributed by atoms with Crippen LogP contribution in [0.25, 0.3) is 10.3 Å². The molecule has 9 heteroatoms. The third-order valence-corrected chi connectivity index (χ3v) is 7.69. The number of fused-ring (bicyclic) bond motifs is 2. The topological polar surface area (TPSA) is 89.2 Å². The van der Waals surface area contributed by atoms with Gasteiger partial charge in [-0.1, -0.05) is 42.5 Å². The number of nitrogens with one attached hydrogen (secondary N) is 1.